The highest BCUT2D eigenvalue weighted by atomic mass is 16.5. The molecule has 60 valence electrons. The van der Waals surface area contributed by atoms with Gasteiger partial charge in [0.1, 0.15) is 0 Å². The van der Waals surface area contributed by atoms with Gasteiger partial charge in [-0.3, -0.25) is 4.79 Å². The molecule has 0 saturated carbocycles. The van der Waals surface area contributed by atoms with Crippen LogP contribution < -0.4 is 0 Å². The lowest BCUT2D eigenvalue weighted by molar-refractivity contribution is -0.122. The Labute approximate surface area is 66.9 Å². The Bertz CT molecular complexity index is 210. The van der Waals surface area contributed by atoms with Crippen molar-refractivity contribution in [2.75, 3.05) is 0 Å². The highest BCUT2D eigenvalue weighted by molar-refractivity contribution is 5.93. The third-order valence-corrected chi connectivity index (χ3v) is 1.02. The number of hydrogen-bond donors (Lipinski definition) is 0. The summed E-state index contributed by atoms with van der Waals surface area (Å²) in [4.78, 5) is 11.0. The van der Waals surface area contributed by atoms with Crippen molar-refractivity contribution in [2.24, 2.45) is 0 Å². The van der Waals surface area contributed by atoms with Gasteiger partial charge >= 0.3 is 0 Å². The molecule has 0 aliphatic heterocycles. The predicted octanol–water partition coefficient (Wildman–Crippen LogP) is 1.84. The van der Waals surface area contributed by atoms with E-state index in [0.29, 0.717) is 5.76 Å². The molecule has 0 N–H and O–H groups in total. The van der Waals surface area contributed by atoms with Crippen molar-refractivity contribution < 1.29 is 9.53 Å². The Kier molecular flexibility index (Phi) is 4.01. The average molecular weight is 152 g/mol. The van der Waals surface area contributed by atoms with E-state index in [0.717, 1.165) is 0 Å². The molecule has 0 heterocycles. The van der Waals surface area contributed by atoms with Gasteiger partial charge in [-0.05, 0) is 13.8 Å². The third kappa shape index (κ3) is 4.18. The summed E-state index contributed by atoms with van der Waals surface area (Å²) in [6, 6.07) is 0. The van der Waals surface area contributed by atoms with Gasteiger partial charge in [0.05, 0.1) is 5.76 Å². The normalized spacial score (nSPS) is 11.1. The lowest BCUT2D eigenvalue weighted by Crippen LogP contribution is -2.17. The van der Waals surface area contributed by atoms with Crippen LogP contribution in [0.4, 0.5) is 0 Å². The molecule has 1 unspecified atom stereocenters. The number of ether oxygens (including phenoxy) is 1. The number of carbonyl (C=O) groups excluding carboxylic acids is 1. The molecule has 0 aromatic heterocycles. The fraction of sp³-hybridized carbons (Fsp3) is 0.333. The molecule has 1 atom stereocenters. The Morgan fingerprint density at radius 2 is 2.27 bits per heavy atom. The van der Waals surface area contributed by atoms with Crippen LogP contribution in [0.3, 0.4) is 0 Å². The second-order valence-electron chi connectivity index (χ2n) is 2.21. The van der Waals surface area contributed by atoms with Crippen molar-refractivity contribution >= 4 is 5.78 Å². The largest absolute Gasteiger partial charge is 0.488 e. The lowest BCUT2D eigenvalue weighted by atomic mass is 10.2. The Morgan fingerprint density at radius 1 is 1.73 bits per heavy atom. The summed E-state index contributed by atoms with van der Waals surface area (Å²) in [7, 11) is 0. The van der Waals surface area contributed by atoms with Crippen molar-refractivity contribution in [3.05, 3.63) is 30.7 Å². The van der Waals surface area contributed by atoms with Gasteiger partial charge < -0.3 is 4.74 Å². The zero-order chi connectivity index (χ0) is 8.85. The second kappa shape index (κ2) is 4.53. The van der Waals surface area contributed by atoms with Crippen LogP contribution in [0, 0.1) is 0 Å². The summed E-state index contributed by atoms with van der Waals surface area (Å²) < 4.78 is 5.02. The minimum absolute atomic E-state index is 0.150. The molecule has 0 aromatic carbocycles. The second-order valence-corrected chi connectivity index (χ2v) is 2.21. The molecular formula is C9H12O2. The van der Waals surface area contributed by atoms with Crippen LogP contribution in [0.1, 0.15) is 13.8 Å². The number of ketones is 1. The van der Waals surface area contributed by atoms with Crippen LogP contribution in [0.5, 0.6) is 0 Å². The molecule has 0 aromatic rings. The van der Waals surface area contributed by atoms with Gasteiger partial charge in [-0.2, -0.15) is 0 Å². The van der Waals surface area contributed by atoms with Crippen molar-refractivity contribution in [3.8, 4) is 0 Å². The van der Waals surface area contributed by atoms with Crippen molar-refractivity contribution in [3.63, 3.8) is 0 Å². The van der Waals surface area contributed by atoms with Crippen LogP contribution in [0.2, 0.25) is 0 Å². The van der Waals surface area contributed by atoms with E-state index in [1.165, 1.54) is 6.08 Å². The first-order valence-corrected chi connectivity index (χ1v) is 3.29. The fourth-order valence-corrected chi connectivity index (χ4v) is 0.578. The van der Waals surface area contributed by atoms with Crippen LogP contribution >= 0.6 is 0 Å². The van der Waals surface area contributed by atoms with Gasteiger partial charge in [0, 0.05) is 6.08 Å². The van der Waals surface area contributed by atoms with E-state index in [1.807, 2.05) is 0 Å². The standard InChI is InChI=1S/C9H12O2/c1-5-6-9(10)8(4)11-7(2)3/h6,8H,1-2H2,3-4H3. The van der Waals surface area contributed by atoms with E-state index < -0.39 is 6.10 Å². The molecular weight excluding hydrogens is 140 g/mol. The molecule has 0 aliphatic carbocycles. The van der Waals surface area contributed by atoms with Crippen molar-refractivity contribution in [2.45, 2.75) is 20.0 Å². The molecule has 0 fully saturated rings. The number of rotatable bonds is 4. The Morgan fingerprint density at radius 3 is 2.64 bits per heavy atom. The average Bonchev–Trinajstić information content (AvgIpc) is 1.86. The summed E-state index contributed by atoms with van der Waals surface area (Å²) in [6.07, 6.45) is 0.773. The molecule has 0 radical (unpaired) electrons. The number of hydrogen-bond acceptors (Lipinski definition) is 2. The molecule has 0 aliphatic rings. The first-order chi connectivity index (χ1) is 5.07. The van der Waals surface area contributed by atoms with Gasteiger partial charge in [-0.1, -0.05) is 13.2 Å². The van der Waals surface area contributed by atoms with Crippen LogP contribution in [-0.4, -0.2) is 11.9 Å². The SMILES string of the molecule is C=C=CC(=O)C(C)OC(=C)C. The van der Waals surface area contributed by atoms with E-state index in [4.69, 9.17) is 4.74 Å². The monoisotopic (exact) mass is 152 g/mol. The van der Waals surface area contributed by atoms with Crippen LogP contribution in [-0.2, 0) is 9.53 Å². The maximum atomic E-state index is 11.0. The molecule has 0 saturated heterocycles. The highest BCUT2D eigenvalue weighted by Crippen LogP contribution is 2.00. The lowest BCUT2D eigenvalue weighted by Gasteiger charge is -2.09. The van der Waals surface area contributed by atoms with Gasteiger partial charge in [-0.25, -0.2) is 0 Å². The fourth-order valence-electron chi connectivity index (χ4n) is 0.578. The summed E-state index contributed by atoms with van der Waals surface area (Å²) in [5.41, 5.74) is 2.39. The number of allylic oxidation sites excluding steroid dienone is 1. The topological polar surface area (TPSA) is 26.3 Å². The predicted molar refractivity (Wildman–Crippen MR) is 44.1 cm³/mol. The van der Waals surface area contributed by atoms with E-state index in [2.05, 4.69) is 18.9 Å². The molecule has 0 spiro atoms. The first-order valence-electron chi connectivity index (χ1n) is 3.29. The van der Waals surface area contributed by atoms with E-state index in [-0.39, 0.29) is 5.78 Å². The maximum Gasteiger partial charge on any atom is 0.203 e. The molecule has 0 amide bonds. The first kappa shape index (κ1) is 9.73. The molecule has 0 bridgehead atoms. The molecule has 2 nitrogen and oxygen atoms in total. The zero-order valence-electron chi connectivity index (χ0n) is 6.89. The minimum Gasteiger partial charge on any atom is -0.488 e. The van der Waals surface area contributed by atoms with Gasteiger partial charge in [0.15, 0.2) is 6.10 Å². The summed E-state index contributed by atoms with van der Waals surface area (Å²) in [6.45, 7) is 10.1. The van der Waals surface area contributed by atoms with Gasteiger partial charge in [-0.15, -0.1) is 5.73 Å². The summed E-state index contributed by atoms with van der Waals surface area (Å²) in [5, 5.41) is 0. The Balaban J connectivity index is 4.02. The number of carbonyl (C=O) groups is 1. The molecule has 11 heavy (non-hydrogen) atoms. The highest BCUT2D eigenvalue weighted by Gasteiger charge is 2.09. The zero-order valence-corrected chi connectivity index (χ0v) is 6.89. The Hall–Kier alpha value is -1.27. The summed E-state index contributed by atoms with van der Waals surface area (Å²) >= 11 is 0. The van der Waals surface area contributed by atoms with Gasteiger partial charge in [0.2, 0.25) is 5.78 Å². The van der Waals surface area contributed by atoms with E-state index in [1.54, 1.807) is 13.8 Å². The maximum absolute atomic E-state index is 11.0. The quantitative estimate of drug-likeness (QED) is 0.349. The minimum atomic E-state index is -0.484. The smallest absolute Gasteiger partial charge is 0.203 e. The van der Waals surface area contributed by atoms with Crippen LogP contribution in [0.15, 0.2) is 30.7 Å². The van der Waals surface area contributed by atoms with Crippen molar-refractivity contribution in [1.29, 1.82) is 0 Å². The van der Waals surface area contributed by atoms with E-state index in [9.17, 15) is 4.79 Å². The van der Waals surface area contributed by atoms with Crippen LogP contribution in [0.25, 0.3) is 0 Å². The summed E-state index contributed by atoms with van der Waals surface area (Å²) in [5.74, 6) is 0.381. The molecule has 2 heteroatoms. The van der Waals surface area contributed by atoms with Crippen molar-refractivity contribution in [1.82, 2.24) is 0 Å². The van der Waals surface area contributed by atoms with E-state index >= 15 is 0 Å². The van der Waals surface area contributed by atoms with Gasteiger partial charge in [0.25, 0.3) is 0 Å². The third-order valence-electron chi connectivity index (χ3n) is 1.02. The molecule has 0 rings (SSSR count).